The molecule has 0 aliphatic rings. The predicted octanol–water partition coefficient (Wildman–Crippen LogP) is 2.16. The summed E-state index contributed by atoms with van der Waals surface area (Å²) >= 11 is 11.9. The number of halogens is 2. The maximum absolute atomic E-state index is 7.71. The molecule has 1 aromatic rings. The second kappa shape index (κ2) is 5.25. The third-order valence-corrected chi connectivity index (χ3v) is 2.65. The maximum Gasteiger partial charge on any atom is 0.202 e. The van der Waals surface area contributed by atoms with Crippen LogP contribution in [0.1, 0.15) is 5.56 Å². The largest absolute Gasteiger partial charge is 0.370 e. The molecule has 7 heteroatoms. The molecule has 0 amide bonds. The second-order valence-corrected chi connectivity index (χ2v) is 4.34. The van der Waals surface area contributed by atoms with Crippen LogP contribution in [0.2, 0.25) is 10.0 Å². The van der Waals surface area contributed by atoms with Crippen molar-refractivity contribution in [3.05, 3.63) is 27.7 Å². The van der Waals surface area contributed by atoms with E-state index in [-0.39, 0.29) is 11.9 Å². The third kappa shape index (κ3) is 3.25. The third-order valence-electron chi connectivity index (χ3n) is 2.14. The molecule has 0 spiro atoms. The molecule has 17 heavy (non-hydrogen) atoms. The molecule has 0 fully saturated rings. The molecular formula is C10H13Cl2N5. The first kappa shape index (κ1) is 13.6. The molecule has 0 aliphatic heterocycles. The van der Waals surface area contributed by atoms with Crippen molar-refractivity contribution in [3.63, 3.8) is 0 Å². The molecule has 5 nitrogen and oxygen atoms in total. The summed E-state index contributed by atoms with van der Waals surface area (Å²) < 4.78 is 0. The van der Waals surface area contributed by atoms with Gasteiger partial charge in [-0.25, -0.2) is 0 Å². The van der Waals surface area contributed by atoms with Gasteiger partial charge in [0.15, 0.2) is 5.96 Å². The standard InChI is InChI=1S/C10H13Cl2N5/c1-5-3-6(11)4-7(12)8(5)17(2)10(15)16-9(13)14/h3-4H,1-2H3,(H5,13,14,15,16). The second-order valence-electron chi connectivity index (χ2n) is 3.50. The van der Waals surface area contributed by atoms with Crippen LogP contribution in [0.5, 0.6) is 0 Å². The fourth-order valence-electron chi connectivity index (χ4n) is 1.44. The average Bonchev–Trinajstić information content (AvgIpc) is 2.14. The maximum atomic E-state index is 7.71. The molecule has 0 bridgehead atoms. The molecule has 0 heterocycles. The van der Waals surface area contributed by atoms with Crippen LogP contribution >= 0.6 is 23.2 Å². The zero-order chi connectivity index (χ0) is 13.2. The fraction of sp³-hybridized carbons (Fsp3) is 0.200. The minimum Gasteiger partial charge on any atom is -0.370 e. The molecule has 5 N–H and O–H groups in total. The predicted molar refractivity (Wildman–Crippen MR) is 72.4 cm³/mol. The fourth-order valence-corrected chi connectivity index (χ4v) is 2.16. The van der Waals surface area contributed by atoms with Crippen LogP contribution in [0.4, 0.5) is 5.69 Å². The van der Waals surface area contributed by atoms with Gasteiger partial charge in [-0.2, -0.15) is 0 Å². The number of nitrogens with one attached hydrogen (secondary N) is 3. The topological polar surface area (TPSA) is 89.0 Å². The van der Waals surface area contributed by atoms with Gasteiger partial charge < -0.3 is 10.6 Å². The normalized spacial score (nSPS) is 9.88. The molecular weight excluding hydrogens is 261 g/mol. The molecule has 0 unspecified atom stereocenters. The molecule has 0 radical (unpaired) electrons. The number of nitrogens with zero attached hydrogens (tertiary/aromatic N) is 1. The Morgan fingerprint density at radius 3 is 2.41 bits per heavy atom. The van der Waals surface area contributed by atoms with E-state index in [2.05, 4.69) is 5.32 Å². The van der Waals surface area contributed by atoms with Gasteiger partial charge in [0.25, 0.3) is 0 Å². The van der Waals surface area contributed by atoms with E-state index in [0.717, 1.165) is 5.56 Å². The summed E-state index contributed by atoms with van der Waals surface area (Å²) in [5, 5.41) is 18.1. The Labute approximate surface area is 110 Å². The summed E-state index contributed by atoms with van der Waals surface area (Å²) in [6.07, 6.45) is 0. The Morgan fingerprint density at radius 2 is 1.94 bits per heavy atom. The molecule has 0 saturated heterocycles. The van der Waals surface area contributed by atoms with E-state index in [1.54, 1.807) is 19.2 Å². The number of aryl methyl sites for hydroxylation is 1. The highest BCUT2D eigenvalue weighted by Crippen LogP contribution is 2.31. The van der Waals surface area contributed by atoms with Gasteiger partial charge in [-0.1, -0.05) is 23.2 Å². The highest BCUT2D eigenvalue weighted by molar-refractivity contribution is 6.37. The van der Waals surface area contributed by atoms with Crippen LogP contribution in [0.3, 0.4) is 0 Å². The molecule has 1 aromatic carbocycles. The van der Waals surface area contributed by atoms with Crippen LogP contribution < -0.4 is 16.0 Å². The molecule has 92 valence electrons. The minimum absolute atomic E-state index is 0.0372. The summed E-state index contributed by atoms with van der Waals surface area (Å²) in [5.74, 6) is -0.339. The lowest BCUT2D eigenvalue weighted by Crippen LogP contribution is -2.44. The average molecular weight is 274 g/mol. The Kier molecular flexibility index (Phi) is 4.20. The van der Waals surface area contributed by atoms with Crippen molar-refractivity contribution < 1.29 is 0 Å². The SMILES string of the molecule is Cc1cc(Cl)cc(Cl)c1N(C)C(=N)NC(=N)N. The Balaban J connectivity index is 3.08. The lowest BCUT2D eigenvalue weighted by molar-refractivity contribution is 1.10. The number of nitrogens with two attached hydrogens (primary N) is 1. The van der Waals surface area contributed by atoms with Crippen molar-refractivity contribution >= 4 is 40.8 Å². The van der Waals surface area contributed by atoms with Crippen molar-refractivity contribution in [1.29, 1.82) is 10.8 Å². The van der Waals surface area contributed by atoms with Crippen LogP contribution in [-0.2, 0) is 0 Å². The van der Waals surface area contributed by atoms with Gasteiger partial charge >= 0.3 is 0 Å². The van der Waals surface area contributed by atoms with Crippen molar-refractivity contribution in [3.8, 4) is 0 Å². The van der Waals surface area contributed by atoms with E-state index in [1.807, 2.05) is 6.92 Å². The van der Waals surface area contributed by atoms with Gasteiger partial charge in [-0.3, -0.25) is 16.1 Å². The van der Waals surface area contributed by atoms with E-state index < -0.39 is 0 Å². The lowest BCUT2D eigenvalue weighted by atomic mass is 10.2. The van der Waals surface area contributed by atoms with Gasteiger partial charge in [-0.05, 0) is 24.6 Å². The highest BCUT2D eigenvalue weighted by Gasteiger charge is 2.14. The van der Waals surface area contributed by atoms with Crippen LogP contribution in [0, 0.1) is 17.7 Å². The Bertz CT molecular complexity index is 449. The Hall–Kier alpha value is -1.46. The zero-order valence-corrected chi connectivity index (χ0v) is 10.9. The van der Waals surface area contributed by atoms with Crippen molar-refractivity contribution in [1.82, 2.24) is 5.32 Å². The molecule has 0 saturated carbocycles. The zero-order valence-electron chi connectivity index (χ0n) is 9.44. The number of guanidine groups is 2. The summed E-state index contributed by atoms with van der Waals surface area (Å²) in [6, 6.07) is 3.35. The summed E-state index contributed by atoms with van der Waals surface area (Å²) in [6.45, 7) is 1.84. The number of benzene rings is 1. The molecule has 1 rings (SSSR count). The van der Waals surface area contributed by atoms with E-state index in [4.69, 9.17) is 39.8 Å². The van der Waals surface area contributed by atoms with E-state index >= 15 is 0 Å². The van der Waals surface area contributed by atoms with E-state index in [1.165, 1.54) is 4.90 Å². The highest BCUT2D eigenvalue weighted by atomic mass is 35.5. The first-order valence-corrected chi connectivity index (χ1v) is 5.47. The number of rotatable bonds is 1. The monoisotopic (exact) mass is 273 g/mol. The van der Waals surface area contributed by atoms with Crippen LogP contribution in [0.15, 0.2) is 12.1 Å². The van der Waals surface area contributed by atoms with E-state index in [0.29, 0.717) is 15.7 Å². The summed E-state index contributed by atoms with van der Waals surface area (Å²) in [4.78, 5) is 1.50. The van der Waals surface area contributed by atoms with Crippen LogP contribution in [0.25, 0.3) is 0 Å². The summed E-state index contributed by atoms with van der Waals surface area (Å²) in [7, 11) is 1.65. The minimum atomic E-state index is -0.301. The first-order chi connectivity index (χ1) is 7.82. The Morgan fingerprint density at radius 1 is 1.35 bits per heavy atom. The lowest BCUT2D eigenvalue weighted by Gasteiger charge is -2.23. The van der Waals surface area contributed by atoms with Gasteiger partial charge in [0.05, 0.1) is 10.7 Å². The number of hydrogen-bond acceptors (Lipinski definition) is 2. The van der Waals surface area contributed by atoms with Crippen molar-refractivity contribution in [2.24, 2.45) is 5.73 Å². The smallest absolute Gasteiger partial charge is 0.202 e. The molecule has 0 atom stereocenters. The van der Waals surface area contributed by atoms with Gasteiger partial charge in [0.2, 0.25) is 5.96 Å². The van der Waals surface area contributed by atoms with Gasteiger partial charge in [0.1, 0.15) is 0 Å². The van der Waals surface area contributed by atoms with E-state index in [9.17, 15) is 0 Å². The molecule has 0 aliphatic carbocycles. The first-order valence-electron chi connectivity index (χ1n) is 4.72. The van der Waals surface area contributed by atoms with Gasteiger partial charge in [0, 0.05) is 12.1 Å². The number of hydrogen-bond donors (Lipinski definition) is 4. The van der Waals surface area contributed by atoms with Crippen molar-refractivity contribution in [2.45, 2.75) is 6.92 Å². The number of anilines is 1. The van der Waals surface area contributed by atoms with Crippen molar-refractivity contribution in [2.75, 3.05) is 11.9 Å². The van der Waals surface area contributed by atoms with Crippen LogP contribution in [-0.4, -0.2) is 19.0 Å². The quantitative estimate of drug-likeness (QED) is 0.467. The van der Waals surface area contributed by atoms with Gasteiger partial charge in [-0.15, -0.1) is 0 Å². The molecule has 0 aromatic heterocycles. The summed E-state index contributed by atoms with van der Waals surface area (Å²) in [5.41, 5.74) is 6.64.